The van der Waals surface area contributed by atoms with E-state index in [0.29, 0.717) is 12.2 Å². The molecule has 0 fully saturated rings. The van der Waals surface area contributed by atoms with Crippen molar-refractivity contribution in [1.82, 2.24) is 0 Å². The van der Waals surface area contributed by atoms with E-state index in [4.69, 9.17) is 5.11 Å². The molecule has 0 bridgehead atoms. The Bertz CT molecular complexity index is 164. The van der Waals surface area contributed by atoms with Crippen molar-refractivity contribution in [2.75, 3.05) is 0 Å². The van der Waals surface area contributed by atoms with Crippen LogP contribution in [0.1, 0.15) is 20.3 Å². The van der Waals surface area contributed by atoms with Crippen LogP contribution in [-0.4, -0.2) is 5.11 Å². The highest BCUT2D eigenvalue weighted by Crippen LogP contribution is 1.98. The van der Waals surface area contributed by atoms with Crippen molar-refractivity contribution in [3.8, 4) is 0 Å². The molecule has 0 aliphatic rings. The van der Waals surface area contributed by atoms with E-state index >= 15 is 0 Å². The minimum absolute atomic E-state index is 0.404. The number of aliphatic hydroxyl groups is 1. The van der Waals surface area contributed by atoms with E-state index in [1.807, 2.05) is 19.9 Å². The van der Waals surface area contributed by atoms with Crippen LogP contribution in [0.15, 0.2) is 36.1 Å². The Balaban J connectivity index is 4.03. The van der Waals surface area contributed by atoms with E-state index in [0.717, 1.165) is 5.57 Å². The lowest BCUT2D eigenvalue weighted by Gasteiger charge is -1.90. The van der Waals surface area contributed by atoms with Gasteiger partial charge in [0.15, 0.2) is 0 Å². The SMILES string of the molecule is C=C/C(C)=C/C=C(/O)CC. The molecule has 0 saturated heterocycles. The Kier molecular flexibility index (Phi) is 4.38. The van der Waals surface area contributed by atoms with E-state index < -0.39 is 0 Å². The van der Waals surface area contributed by atoms with Crippen LogP contribution in [0.5, 0.6) is 0 Å². The highest BCUT2D eigenvalue weighted by Gasteiger charge is 1.82. The summed E-state index contributed by atoms with van der Waals surface area (Å²) in [4.78, 5) is 0. The Morgan fingerprint density at radius 3 is 2.50 bits per heavy atom. The number of rotatable bonds is 3. The molecule has 0 heterocycles. The van der Waals surface area contributed by atoms with Gasteiger partial charge in [-0.1, -0.05) is 31.2 Å². The zero-order valence-corrected chi connectivity index (χ0v) is 6.59. The Morgan fingerprint density at radius 1 is 1.50 bits per heavy atom. The molecule has 0 rings (SSSR count). The lowest BCUT2D eigenvalue weighted by molar-refractivity contribution is 0.395. The molecule has 0 radical (unpaired) electrons. The molecule has 0 amide bonds. The van der Waals surface area contributed by atoms with Gasteiger partial charge in [0.25, 0.3) is 0 Å². The average molecular weight is 138 g/mol. The van der Waals surface area contributed by atoms with E-state index in [9.17, 15) is 0 Å². The molecule has 0 saturated carbocycles. The van der Waals surface area contributed by atoms with Crippen LogP contribution in [0.25, 0.3) is 0 Å². The average Bonchev–Trinajstić information content (AvgIpc) is 1.99. The Labute approximate surface area is 62.4 Å². The Morgan fingerprint density at radius 2 is 2.10 bits per heavy atom. The van der Waals surface area contributed by atoms with Gasteiger partial charge >= 0.3 is 0 Å². The molecule has 1 nitrogen and oxygen atoms in total. The second-order valence-electron chi connectivity index (χ2n) is 2.13. The van der Waals surface area contributed by atoms with Gasteiger partial charge in [0.1, 0.15) is 0 Å². The molecule has 0 aromatic carbocycles. The van der Waals surface area contributed by atoms with Gasteiger partial charge in [0.2, 0.25) is 0 Å². The van der Waals surface area contributed by atoms with Crippen molar-refractivity contribution in [1.29, 1.82) is 0 Å². The largest absolute Gasteiger partial charge is 0.512 e. The maximum Gasteiger partial charge on any atom is 0.0919 e. The lowest BCUT2D eigenvalue weighted by Crippen LogP contribution is -1.74. The summed E-state index contributed by atoms with van der Waals surface area (Å²) in [5.74, 6) is 0.404. The quantitative estimate of drug-likeness (QED) is 0.469. The van der Waals surface area contributed by atoms with Gasteiger partial charge in [-0.3, -0.25) is 0 Å². The van der Waals surface area contributed by atoms with E-state index in [1.54, 1.807) is 12.2 Å². The van der Waals surface area contributed by atoms with Crippen LogP contribution in [0.3, 0.4) is 0 Å². The third kappa shape index (κ3) is 3.96. The zero-order chi connectivity index (χ0) is 7.98. The molecular formula is C9H14O. The smallest absolute Gasteiger partial charge is 0.0919 e. The van der Waals surface area contributed by atoms with Gasteiger partial charge in [0.05, 0.1) is 5.76 Å². The third-order valence-electron chi connectivity index (χ3n) is 1.22. The van der Waals surface area contributed by atoms with Crippen LogP contribution < -0.4 is 0 Å². The van der Waals surface area contributed by atoms with Gasteiger partial charge in [-0.2, -0.15) is 0 Å². The molecule has 56 valence electrons. The molecule has 0 aromatic heterocycles. The fraction of sp³-hybridized carbons (Fsp3) is 0.333. The standard InChI is InChI=1S/C9H14O/c1-4-8(3)6-7-9(10)5-2/h4,6-7,10H,1,5H2,2-3H3/b8-6+,9-7+. The number of hydrogen-bond acceptors (Lipinski definition) is 1. The number of allylic oxidation sites excluding steroid dienone is 5. The van der Waals surface area contributed by atoms with E-state index in [1.165, 1.54) is 0 Å². The summed E-state index contributed by atoms with van der Waals surface area (Å²) >= 11 is 0. The number of aliphatic hydroxyl groups excluding tert-OH is 1. The van der Waals surface area contributed by atoms with E-state index in [2.05, 4.69) is 6.58 Å². The minimum Gasteiger partial charge on any atom is -0.512 e. The fourth-order valence-electron chi connectivity index (χ4n) is 0.414. The molecule has 0 aromatic rings. The van der Waals surface area contributed by atoms with Crippen molar-refractivity contribution >= 4 is 0 Å². The van der Waals surface area contributed by atoms with Gasteiger partial charge in [-0.25, -0.2) is 0 Å². The summed E-state index contributed by atoms with van der Waals surface area (Å²) < 4.78 is 0. The summed E-state index contributed by atoms with van der Waals surface area (Å²) in [5.41, 5.74) is 1.06. The van der Waals surface area contributed by atoms with Gasteiger partial charge < -0.3 is 5.11 Å². The van der Waals surface area contributed by atoms with Crippen LogP contribution >= 0.6 is 0 Å². The monoisotopic (exact) mass is 138 g/mol. The van der Waals surface area contributed by atoms with Crippen molar-refractivity contribution < 1.29 is 5.11 Å². The molecule has 0 spiro atoms. The fourth-order valence-corrected chi connectivity index (χ4v) is 0.414. The Hall–Kier alpha value is -0.980. The second kappa shape index (κ2) is 4.86. The predicted molar refractivity (Wildman–Crippen MR) is 45.0 cm³/mol. The topological polar surface area (TPSA) is 20.2 Å². The summed E-state index contributed by atoms with van der Waals surface area (Å²) in [6.07, 6.45) is 5.96. The maximum absolute atomic E-state index is 8.98. The summed E-state index contributed by atoms with van der Waals surface area (Å²) in [6.45, 7) is 7.43. The second-order valence-corrected chi connectivity index (χ2v) is 2.13. The number of hydrogen-bond donors (Lipinski definition) is 1. The predicted octanol–water partition coefficient (Wildman–Crippen LogP) is 2.97. The van der Waals surface area contributed by atoms with Crippen molar-refractivity contribution in [3.63, 3.8) is 0 Å². The first-order valence-corrected chi connectivity index (χ1v) is 3.39. The molecule has 1 N–H and O–H groups in total. The zero-order valence-electron chi connectivity index (χ0n) is 6.59. The highest BCUT2D eigenvalue weighted by atomic mass is 16.3. The first kappa shape index (κ1) is 9.02. The van der Waals surface area contributed by atoms with Crippen LogP contribution in [0, 0.1) is 0 Å². The van der Waals surface area contributed by atoms with Gasteiger partial charge in [-0.05, 0) is 13.0 Å². The molecule has 0 atom stereocenters. The third-order valence-corrected chi connectivity index (χ3v) is 1.22. The van der Waals surface area contributed by atoms with Crippen LogP contribution in [0.4, 0.5) is 0 Å². The molecule has 1 heteroatoms. The van der Waals surface area contributed by atoms with Crippen LogP contribution in [0.2, 0.25) is 0 Å². The molecule has 10 heavy (non-hydrogen) atoms. The minimum atomic E-state index is 0.404. The van der Waals surface area contributed by atoms with E-state index in [-0.39, 0.29) is 0 Å². The molecule has 0 aliphatic carbocycles. The normalized spacial score (nSPS) is 13.4. The molecule has 0 aliphatic heterocycles. The first-order chi connectivity index (χ1) is 4.70. The van der Waals surface area contributed by atoms with Crippen molar-refractivity contribution in [2.24, 2.45) is 0 Å². The highest BCUT2D eigenvalue weighted by molar-refractivity contribution is 5.20. The lowest BCUT2D eigenvalue weighted by atomic mass is 10.2. The van der Waals surface area contributed by atoms with Gasteiger partial charge in [0, 0.05) is 6.42 Å². The van der Waals surface area contributed by atoms with Crippen molar-refractivity contribution in [2.45, 2.75) is 20.3 Å². The summed E-state index contributed by atoms with van der Waals surface area (Å²) in [5, 5.41) is 8.98. The van der Waals surface area contributed by atoms with Gasteiger partial charge in [-0.15, -0.1) is 0 Å². The summed E-state index contributed by atoms with van der Waals surface area (Å²) in [6, 6.07) is 0. The molecule has 0 unspecified atom stereocenters. The maximum atomic E-state index is 8.98. The first-order valence-electron chi connectivity index (χ1n) is 3.39. The van der Waals surface area contributed by atoms with Crippen molar-refractivity contribution in [3.05, 3.63) is 36.1 Å². The molecular weight excluding hydrogens is 124 g/mol. The summed E-state index contributed by atoms with van der Waals surface area (Å²) in [7, 11) is 0. The van der Waals surface area contributed by atoms with Crippen LogP contribution in [-0.2, 0) is 0 Å².